The second-order valence-electron chi connectivity index (χ2n) is 8.71. The highest BCUT2D eigenvalue weighted by Crippen LogP contribution is 2.48. The van der Waals surface area contributed by atoms with Crippen LogP contribution < -0.4 is 4.90 Å². The maximum atomic E-state index is 13.9. The molecule has 0 saturated carbocycles. The lowest BCUT2D eigenvalue weighted by Crippen LogP contribution is -2.41. The highest BCUT2D eigenvalue weighted by Gasteiger charge is 2.52. The first-order valence-corrected chi connectivity index (χ1v) is 11.3. The SMILES string of the molecule is Cc1nc2cc(O)c(C3(O)C(=O)N(Cc4ccccc4-c4ccccc4)c4ccccc43)cc2o1. The standard InChI is InChI=1S/C29H22N2O4/c1-18-30-24-16-26(32)23(15-27(24)35-18)29(34)22-13-7-8-14-25(22)31(28(29)33)17-20-11-5-6-12-21(20)19-9-3-2-4-10-19/h2-16,32,34H,17H2,1H3. The van der Waals surface area contributed by atoms with E-state index in [1.807, 2.05) is 66.7 Å². The summed E-state index contributed by atoms with van der Waals surface area (Å²) in [5.41, 5.74) is 2.84. The number of para-hydroxylation sites is 1. The van der Waals surface area contributed by atoms with Gasteiger partial charge < -0.3 is 19.5 Å². The number of oxazole rings is 1. The number of aliphatic hydroxyl groups is 1. The van der Waals surface area contributed by atoms with Crippen molar-refractivity contribution in [3.8, 4) is 16.9 Å². The molecule has 1 unspecified atom stereocenters. The summed E-state index contributed by atoms with van der Waals surface area (Å²) in [5, 5.41) is 22.8. The van der Waals surface area contributed by atoms with E-state index in [1.54, 1.807) is 24.0 Å². The Kier molecular flexibility index (Phi) is 4.72. The fraction of sp³-hybridized carbons (Fsp3) is 0.103. The zero-order valence-corrected chi connectivity index (χ0v) is 19.0. The number of amides is 1. The highest BCUT2D eigenvalue weighted by molar-refractivity contribution is 6.09. The van der Waals surface area contributed by atoms with E-state index in [9.17, 15) is 15.0 Å². The number of anilines is 1. The number of hydrogen-bond acceptors (Lipinski definition) is 5. The molecule has 5 aromatic rings. The highest BCUT2D eigenvalue weighted by atomic mass is 16.3. The molecule has 1 atom stereocenters. The minimum absolute atomic E-state index is 0.0671. The lowest BCUT2D eigenvalue weighted by molar-refractivity contribution is -0.132. The van der Waals surface area contributed by atoms with Gasteiger partial charge in [-0.3, -0.25) is 4.79 Å². The molecule has 1 amide bonds. The van der Waals surface area contributed by atoms with Gasteiger partial charge >= 0.3 is 0 Å². The smallest absolute Gasteiger partial charge is 0.268 e. The van der Waals surface area contributed by atoms with E-state index in [2.05, 4.69) is 4.98 Å². The molecule has 1 aliphatic heterocycles. The molecule has 2 heterocycles. The summed E-state index contributed by atoms with van der Waals surface area (Å²) in [6.45, 7) is 1.96. The molecule has 0 fully saturated rings. The first kappa shape index (κ1) is 21.1. The topological polar surface area (TPSA) is 86.8 Å². The van der Waals surface area contributed by atoms with E-state index in [4.69, 9.17) is 4.42 Å². The number of phenolic OH excluding ortho intramolecular Hbond substituents is 1. The van der Waals surface area contributed by atoms with Crippen molar-refractivity contribution in [2.45, 2.75) is 19.1 Å². The molecule has 172 valence electrons. The van der Waals surface area contributed by atoms with Crippen LogP contribution in [0.2, 0.25) is 0 Å². The Morgan fingerprint density at radius 1 is 0.914 bits per heavy atom. The van der Waals surface area contributed by atoms with Gasteiger partial charge in [0.15, 0.2) is 11.5 Å². The molecule has 2 N–H and O–H groups in total. The summed E-state index contributed by atoms with van der Waals surface area (Å²) in [5.74, 6) is -0.323. The van der Waals surface area contributed by atoms with Crippen LogP contribution in [0.1, 0.15) is 22.6 Å². The van der Waals surface area contributed by atoms with Crippen LogP contribution in [0.5, 0.6) is 5.75 Å². The predicted octanol–water partition coefficient (Wildman–Crippen LogP) is 5.29. The van der Waals surface area contributed by atoms with Crippen molar-refractivity contribution in [2.24, 2.45) is 0 Å². The third kappa shape index (κ3) is 3.22. The average molecular weight is 463 g/mol. The molecule has 6 heteroatoms. The van der Waals surface area contributed by atoms with Gasteiger partial charge in [0.2, 0.25) is 5.60 Å². The summed E-state index contributed by atoms with van der Waals surface area (Å²) in [6.07, 6.45) is 0. The zero-order chi connectivity index (χ0) is 24.2. The molecule has 4 aromatic carbocycles. The number of aromatic nitrogens is 1. The third-order valence-corrected chi connectivity index (χ3v) is 6.57. The molecule has 1 aromatic heterocycles. The maximum Gasteiger partial charge on any atom is 0.268 e. The van der Waals surface area contributed by atoms with E-state index in [0.717, 1.165) is 16.7 Å². The van der Waals surface area contributed by atoms with Crippen LogP contribution in [0.4, 0.5) is 5.69 Å². The van der Waals surface area contributed by atoms with Crippen LogP contribution in [0.25, 0.3) is 22.2 Å². The number of phenols is 1. The number of hydrogen-bond donors (Lipinski definition) is 2. The number of nitrogens with zero attached hydrogens (tertiary/aromatic N) is 2. The largest absolute Gasteiger partial charge is 0.507 e. The molecular weight excluding hydrogens is 440 g/mol. The van der Waals surface area contributed by atoms with Gasteiger partial charge in [0, 0.05) is 24.1 Å². The van der Waals surface area contributed by atoms with Crippen LogP contribution in [0, 0.1) is 6.92 Å². The number of benzene rings is 4. The molecule has 1 aliphatic rings. The molecule has 0 radical (unpaired) electrons. The molecule has 0 spiro atoms. The maximum absolute atomic E-state index is 13.9. The van der Waals surface area contributed by atoms with Crippen molar-refractivity contribution in [3.05, 3.63) is 114 Å². The molecule has 35 heavy (non-hydrogen) atoms. The monoisotopic (exact) mass is 462 g/mol. The van der Waals surface area contributed by atoms with E-state index in [0.29, 0.717) is 28.2 Å². The van der Waals surface area contributed by atoms with E-state index in [1.165, 1.54) is 12.1 Å². The van der Waals surface area contributed by atoms with Crippen molar-refractivity contribution >= 4 is 22.7 Å². The number of aryl methyl sites for hydroxylation is 1. The minimum atomic E-state index is -2.07. The van der Waals surface area contributed by atoms with Gasteiger partial charge in [-0.05, 0) is 28.8 Å². The molecule has 6 rings (SSSR count). The fourth-order valence-electron chi connectivity index (χ4n) is 4.95. The quantitative estimate of drug-likeness (QED) is 0.379. The summed E-state index contributed by atoms with van der Waals surface area (Å²) >= 11 is 0. The Morgan fingerprint density at radius 3 is 2.46 bits per heavy atom. The summed E-state index contributed by atoms with van der Waals surface area (Å²) in [6, 6.07) is 27.9. The van der Waals surface area contributed by atoms with Gasteiger partial charge in [-0.2, -0.15) is 0 Å². The van der Waals surface area contributed by atoms with Crippen molar-refractivity contribution < 1.29 is 19.4 Å². The summed E-state index contributed by atoms with van der Waals surface area (Å²) in [7, 11) is 0. The molecule has 6 nitrogen and oxygen atoms in total. The zero-order valence-electron chi connectivity index (χ0n) is 19.0. The minimum Gasteiger partial charge on any atom is -0.507 e. The number of aromatic hydroxyl groups is 1. The predicted molar refractivity (Wildman–Crippen MR) is 133 cm³/mol. The Labute approximate surface area is 201 Å². The van der Waals surface area contributed by atoms with E-state index < -0.39 is 11.5 Å². The molecule has 0 saturated heterocycles. The Hall–Kier alpha value is -4.42. The van der Waals surface area contributed by atoms with Crippen LogP contribution >= 0.6 is 0 Å². The number of carbonyl (C=O) groups excluding carboxylic acids is 1. The van der Waals surface area contributed by atoms with Gasteiger partial charge in [0.05, 0.1) is 12.2 Å². The lowest BCUT2D eigenvalue weighted by atomic mass is 9.86. The van der Waals surface area contributed by atoms with Gasteiger partial charge in [0.25, 0.3) is 5.91 Å². The summed E-state index contributed by atoms with van der Waals surface area (Å²) < 4.78 is 5.62. The van der Waals surface area contributed by atoms with Crippen LogP contribution in [-0.4, -0.2) is 21.1 Å². The lowest BCUT2D eigenvalue weighted by Gasteiger charge is -2.25. The van der Waals surface area contributed by atoms with Crippen LogP contribution in [-0.2, 0) is 16.9 Å². The van der Waals surface area contributed by atoms with Crippen LogP contribution in [0.15, 0.2) is 95.4 Å². The van der Waals surface area contributed by atoms with E-state index in [-0.39, 0.29) is 17.9 Å². The number of fused-ring (bicyclic) bond motifs is 2. The Morgan fingerprint density at radius 2 is 1.63 bits per heavy atom. The summed E-state index contributed by atoms with van der Waals surface area (Å²) in [4.78, 5) is 19.8. The first-order valence-electron chi connectivity index (χ1n) is 11.3. The normalized spacial score (nSPS) is 17.2. The van der Waals surface area contributed by atoms with Gasteiger partial charge in [-0.25, -0.2) is 4.98 Å². The molecular formula is C29H22N2O4. The first-order chi connectivity index (χ1) is 17.0. The molecule has 0 aliphatic carbocycles. The van der Waals surface area contributed by atoms with Crippen molar-refractivity contribution in [1.82, 2.24) is 4.98 Å². The van der Waals surface area contributed by atoms with Gasteiger partial charge in [-0.1, -0.05) is 72.8 Å². The Bertz CT molecular complexity index is 1590. The number of rotatable bonds is 4. The van der Waals surface area contributed by atoms with Gasteiger partial charge in [-0.15, -0.1) is 0 Å². The van der Waals surface area contributed by atoms with E-state index >= 15 is 0 Å². The Balaban J connectivity index is 1.48. The molecule has 0 bridgehead atoms. The average Bonchev–Trinajstić information content (AvgIpc) is 3.34. The fourth-order valence-corrected chi connectivity index (χ4v) is 4.95. The second-order valence-corrected chi connectivity index (χ2v) is 8.71. The van der Waals surface area contributed by atoms with Crippen molar-refractivity contribution in [1.29, 1.82) is 0 Å². The van der Waals surface area contributed by atoms with Crippen LogP contribution in [0.3, 0.4) is 0 Å². The van der Waals surface area contributed by atoms with Gasteiger partial charge in [0.1, 0.15) is 11.3 Å². The van der Waals surface area contributed by atoms with Crippen molar-refractivity contribution in [2.75, 3.05) is 4.90 Å². The van der Waals surface area contributed by atoms with Crippen molar-refractivity contribution in [3.63, 3.8) is 0 Å². The number of carbonyl (C=O) groups is 1. The third-order valence-electron chi connectivity index (χ3n) is 6.57. The second kappa shape index (κ2) is 7.82.